The summed E-state index contributed by atoms with van der Waals surface area (Å²) in [6, 6.07) is 9.91. The smallest absolute Gasteiger partial charge is 0.264 e. The van der Waals surface area contributed by atoms with Gasteiger partial charge in [0.25, 0.3) is 5.91 Å². The van der Waals surface area contributed by atoms with Crippen LogP contribution in [0, 0.1) is 5.82 Å². The van der Waals surface area contributed by atoms with E-state index in [2.05, 4.69) is 9.98 Å². The Labute approximate surface area is 139 Å². The van der Waals surface area contributed by atoms with Crippen LogP contribution in [0.15, 0.2) is 47.6 Å². The van der Waals surface area contributed by atoms with Crippen molar-refractivity contribution in [3.63, 3.8) is 0 Å². The molecule has 2 unspecified atom stereocenters. The number of rotatable bonds is 2. The van der Waals surface area contributed by atoms with Crippen molar-refractivity contribution in [2.45, 2.75) is 32.5 Å². The summed E-state index contributed by atoms with van der Waals surface area (Å²) in [6.45, 7) is 4.47. The number of pyridine rings is 1. The molecule has 1 amide bonds. The highest BCUT2D eigenvalue weighted by Gasteiger charge is 2.43. The van der Waals surface area contributed by atoms with Gasteiger partial charge in [-0.15, -0.1) is 0 Å². The Balaban J connectivity index is 1.80. The minimum Gasteiger partial charge on any atom is -0.291 e. The number of amides is 1. The van der Waals surface area contributed by atoms with E-state index in [9.17, 15) is 9.18 Å². The third-order valence-corrected chi connectivity index (χ3v) is 4.63. The third kappa shape index (κ3) is 2.18. The molecule has 2 atom stereocenters. The summed E-state index contributed by atoms with van der Waals surface area (Å²) < 4.78 is 13.2. The number of nitrogens with zero attached hydrogens (tertiary/aromatic N) is 4. The molecular weight excluding hydrogens is 307 g/mol. The Morgan fingerprint density at radius 1 is 1.17 bits per heavy atom. The summed E-state index contributed by atoms with van der Waals surface area (Å²) in [5.41, 5.74) is 1.50. The molecule has 0 fully saturated rings. The largest absolute Gasteiger partial charge is 0.291 e. The summed E-state index contributed by atoms with van der Waals surface area (Å²) >= 11 is 0. The molecular formula is C18H17FN4O. The fourth-order valence-electron chi connectivity index (χ4n) is 3.15. The number of carbonyl (C=O) groups excluding carboxylic acids is 1. The minimum atomic E-state index is -0.270. The van der Waals surface area contributed by atoms with Crippen LogP contribution in [-0.2, 0) is 6.54 Å². The molecule has 5 nitrogen and oxygen atoms in total. The fourth-order valence-corrected chi connectivity index (χ4v) is 3.15. The molecule has 0 N–H and O–H groups in total. The summed E-state index contributed by atoms with van der Waals surface area (Å²) in [5.74, 6) is 0.885. The van der Waals surface area contributed by atoms with E-state index in [1.54, 1.807) is 35.4 Å². The van der Waals surface area contributed by atoms with Crippen molar-refractivity contribution in [3.8, 4) is 0 Å². The third-order valence-electron chi connectivity index (χ3n) is 4.63. The summed E-state index contributed by atoms with van der Waals surface area (Å²) in [4.78, 5) is 25.6. The number of hydrogen-bond acceptors (Lipinski definition) is 4. The van der Waals surface area contributed by atoms with Crippen molar-refractivity contribution in [2.75, 3.05) is 4.90 Å². The maximum Gasteiger partial charge on any atom is 0.264 e. The average molecular weight is 324 g/mol. The van der Waals surface area contributed by atoms with Crippen LogP contribution in [0.2, 0.25) is 0 Å². The van der Waals surface area contributed by atoms with E-state index in [-0.39, 0.29) is 23.8 Å². The Morgan fingerprint density at radius 3 is 2.67 bits per heavy atom. The second-order valence-corrected chi connectivity index (χ2v) is 6.17. The lowest BCUT2D eigenvalue weighted by molar-refractivity contribution is 0.0808. The zero-order valence-corrected chi connectivity index (χ0v) is 13.5. The number of guanidine groups is 1. The average Bonchev–Trinajstić information content (AvgIpc) is 2.89. The molecule has 0 saturated carbocycles. The minimum absolute atomic E-state index is 0.00317. The quantitative estimate of drug-likeness (QED) is 0.853. The van der Waals surface area contributed by atoms with Crippen LogP contribution >= 0.6 is 0 Å². The van der Waals surface area contributed by atoms with Gasteiger partial charge in [-0.3, -0.25) is 14.6 Å². The van der Waals surface area contributed by atoms with Crippen LogP contribution in [0.3, 0.4) is 0 Å². The molecule has 0 radical (unpaired) electrons. The topological polar surface area (TPSA) is 48.8 Å². The molecule has 122 valence electrons. The van der Waals surface area contributed by atoms with Crippen LogP contribution in [-0.4, -0.2) is 33.8 Å². The molecule has 24 heavy (non-hydrogen) atoms. The van der Waals surface area contributed by atoms with E-state index in [1.165, 1.54) is 12.1 Å². The standard InChI is InChI=1S/C18H17FN4O/c1-11-12(2)23-17(24)15-4-3-9-20-16(15)22(18(23)21-11)10-13-5-7-14(19)8-6-13/h3-9,11-12H,10H2,1-2H3. The van der Waals surface area contributed by atoms with Crippen LogP contribution in [0.1, 0.15) is 29.8 Å². The number of anilines is 1. The van der Waals surface area contributed by atoms with Gasteiger partial charge in [0.2, 0.25) is 5.96 Å². The number of halogens is 1. The first-order valence-corrected chi connectivity index (χ1v) is 7.94. The fraction of sp³-hybridized carbons (Fsp3) is 0.278. The van der Waals surface area contributed by atoms with Gasteiger partial charge >= 0.3 is 0 Å². The number of fused-ring (bicyclic) bond motifs is 2. The van der Waals surface area contributed by atoms with Crippen LogP contribution < -0.4 is 4.90 Å². The van der Waals surface area contributed by atoms with Gasteiger partial charge in [0, 0.05) is 6.20 Å². The molecule has 2 aromatic rings. The Morgan fingerprint density at radius 2 is 1.92 bits per heavy atom. The molecule has 0 bridgehead atoms. The van der Waals surface area contributed by atoms with E-state index < -0.39 is 0 Å². The first kappa shape index (κ1) is 14.8. The van der Waals surface area contributed by atoms with Crippen LogP contribution in [0.25, 0.3) is 0 Å². The molecule has 2 aliphatic rings. The zero-order chi connectivity index (χ0) is 16.8. The van der Waals surface area contributed by atoms with Crippen molar-refractivity contribution in [1.82, 2.24) is 9.88 Å². The first-order valence-electron chi connectivity index (χ1n) is 7.94. The summed E-state index contributed by atoms with van der Waals surface area (Å²) in [7, 11) is 0. The van der Waals surface area contributed by atoms with E-state index in [1.807, 2.05) is 18.7 Å². The normalized spacial score (nSPS) is 22.3. The van der Waals surface area contributed by atoms with Crippen molar-refractivity contribution in [2.24, 2.45) is 4.99 Å². The van der Waals surface area contributed by atoms with E-state index in [4.69, 9.17) is 0 Å². The van der Waals surface area contributed by atoms with Crippen LogP contribution in [0.5, 0.6) is 0 Å². The van der Waals surface area contributed by atoms with Crippen molar-refractivity contribution < 1.29 is 9.18 Å². The first-order chi connectivity index (χ1) is 11.6. The predicted octanol–water partition coefficient (Wildman–Crippen LogP) is 2.83. The summed E-state index contributed by atoms with van der Waals surface area (Å²) in [6.07, 6.45) is 1.67. The number of aliphatic imine (C=N–C) groups is 1. The van der Waals surface area contributed by atoms with Gasteiger partial charge in [-0.1, -0.05) is 12.1 Å². The SMILES string of the molecule is CC1N=C2N(Cc3ccc(F)cc3)c3ncccc3C(=O)N2C1C. The second-order valence-electron chi connectivity index (χ2n) is 6.17. The molecule has 4 rings (SSSR count). The van der Waals surface area contributed by atoms with Gasteiger partial charge in [0.15, 0.2) is 0 Å². The van der Waals surface area contributed by atoms with Gasteiger partial charge in [0.1, 0.15) is 11.6 Å². The molecule has 0 spiro atoms. The predicted molar refractivity (Wildman–Crippen MR) is 89.3 cm³/mol. The van der Waals surface area contributed by atoms with Crippen LogP contribution in [0.4, 0.5) is 10.2 Å². The van der Waals surface area contributed by atoms with E-state index in [0.717, 1.165) is 5.56 Å². The number of aromatic nitrogens is 1. The molecule has 3 heterocycles. The lowest BCUT2D eigenvalue weighted by Crippen LogP contribution is -2.53. The van der Waals surface area contributed by atoms with Crippen molar-refractivity contribution in [3.05, 3.63) is 59.5 Å². The monoisotopic (exact) mass is 324 g/mol. The maximum absolute atomic E-state index is 13.2. The van der Waals surface area contributed by atoms with Gasteiger partial charge in [-0.05, 0) is 43.7 Å². The molecule has 1 aromatic heterocycles. The molecule has 2 aliphatic heterocycles. The highest BCUT2D eigenvalue weighted by Crippen LogP contribution is 2.33. The molecule has 0 saturated heterocycles. The van der Waals surface area contributed by atoms with Crippen molar-refractivity contribution >= 4 is 17.7 Å². The van der Waals surface area contributed by atoms with Gasteiger partial charge in [-0.25, -0.2) is 14.4 Å². The molecule has 0 aliphatic carbocycles. The van der Waals surface area contributed by atoms with E-state index in [0.29, 0.717) is 23.9 Å². The van der Waals surface area contributed by atoms with Gasteiger partial charge in [-0.2, -0.15) is 0 Å². The lowest BCUT2D eigenvalue weighted by Gasteiger charge is -2.37. The zero-order valence-electron chi connectivity index (χ0n) is 13.5. The Hall–Kier alpha value is -2.76. The number of benzene rings is 1. The van der Waals surface area contributed by atoms with Gasteiger partial charge in [0.05, 0.1) is 24.2 Å². The number of carbonyl (C=O) groups is 1. The second kappa shape index (κ2) is 5.40. The highest BCUT2D eigenvalue weighted by atomic mass is 19.1. The molecule has 1 aromatic carbocycles. The van der Waals surface area contributed by atoms with Gasteiger partial charge < -0.3 is 0 Å². The molecule has 6 heteroatoms. The maximum atomic E-state index is 13.2. The Bertz CT molecular complexity index is 833. The Kier molecular flexibility index (Phi) is 3.33. The summed E-state index contributed by atoms with van der Waals surface area (Å²) in [5, 5.41) is 0. The highest BCUT2D eigenvalue weighted by molar-refractivity contribution is 6.18. The van der Waals surface area contributed by atoms with E-state index >= 15 is 0 Å². The lowest BCUT2D eigenvalue weighted by atomic mass is 10.1. The number of hydrogen-bond donors (Lipinski definition) is 0. The van der Waals surface area contributed by atoms with Crippen molar-refractivity contribution in [1.29, 1.82) is 0 Å².